The van der Waals surface area contributed by atoms with Gasteiger partial charge in [-0.25, -0.2) is 0 Å². The van der Waals surface area contributed by atoms with Gasteiger partial charge in [-0.2, -0.15) is 0 Å². The van der Waals surface area contributed by atoms with Crippen molar-refractivity contribution in [3.63, 3.8) is 0 Å². The van der Waals surface area contributed by atoms with Crippen molar-refractivity contribution in [2.45, 2.75) is 12.6 Å². The maximum absolute atomic E-state index is 10.3. The second kappa shape index (κ2) is 9.25. The van der Waals surface area contributed by atoms with Gasteiger partial charge >= 0.3 is 0 Å². The normalized spacial score (nSPS) is 17.1. The molecule has 0 spiro atoms. The molecule has 1 atom stereocenters. The van der Waals surface area contributed by atoms with Crippen LogP contribution in [0.25, 0.3) is 10.1 Å². The standard InChI is InChI=1S/C22H25ClN2O2S/c23-18-5-7-20(8-6-18)27-15-19(26)14-25-11-9-24(10-12-25)13-17-16-28-22-4-2-1-3-21(17)22/h1-8,16,19,26H,9-15H2. The van der Waals surface area contributed by atoms with Gasteiger partial charge in [0.05, 0.1) is 0 Å². The van der Waals surface area contributed by atoms with Crippen molar-refractivity contribution in [3.8, 4) is 5.75 Å². The highest BCUT2D eigenvalue weighted by atomic mass is 35.5. The summed E-state index contributed by atoms with van der Waals surface area (Å²) in [4.78, 5) is 4.82. The Bertz CT molecular complexity index is 891. The van der Waals surface area contributed by atoms with Crippen LogP contribution in [0.15, 0.2) is 53.9 Å². The number of hydrogen-bond donors (Lipinski definition) is 1. The van der Waals surface area contributed by atoms with Crippen LogP contribution < -0.4 is 4.74 Å². The Labute approximate surface area is 174 Å². The number of thiophene rings is 1. The van der Waals surface area contributed by atoms with Gasteiger partial charge in [0.15, 0.2) is 0 Å². The van der Waals surface area contributed by atoms with E-state index >= 15 is 0 Å². The fourth-order valence-corrected chi connectivity index (χ4v) is 4.68. The number of ether oxygens (including phenoxy) is 1. The van der Waals surface area contributed by atoms with E-state index in [1.807, 2.05) is 23.5 Å². The highest BCUT2D eigenvalue weighted by Gasteiger charge is 2.20. The van der Waals surface area contributed by atoms with Gasteiger partial charge in [-0.3, -0.25) is 9.80 Å². The summed E-state index contributed by atoms with van der Waals surface area (Å²) in [5, 5.41) is 14.7. The molecule has 0 radical (unpaired) electrons. The maximum Gasteiger partial charge on any atom is 0.119 e. The molecule has 0 amide bonds. The van der Waals surface area contributed by atoms with Gasteiger partial charge in [0.1, 0.15) is 18.5 Å². The highest BCUT2D eigenvalue weighted by Crippen LogP contribution is 2.27. The third-order valence-electron chi connectivity index (χ3n) is 5.14. The van der Waals surface area contributed by atoms with E-state index in [0.29, 0.717) is 18.2 Å². The number of aliphatic hydroxyl groups is 1. The van der Waals surface area contributed by atoms with E-state index in [1.165, 1.54) is 15.6 Å². The molecule has 148 valence electrons. The first kappa shape index (κ1) is 19.7. The Morgan fingerprint density at radius 2 is 1.71 bits per heavy atom. The summed E-state index contributed by atoms with van der Waals surface area (Å²) in [5.74, 6) is 0.733. The minimum Gasteiger partial charge on any atom is -0.491 e. The van der Waals surface area contributed by atoms with Crippen molar-refractivity contribution in [3.05, 3.63) is 64.5 Å². The molecule has 28 heavy (non-hydrogen) atoms. The van der Waals surface area contributed by atoms with E-state index in [2.05, 4.69) is 39.4 Å². The summed E-state index contributed by atoms with van der Waals surface area (Å²) in [7, 11) is 0. The molecule has 2 aromatic carbocycles. The maximum atomic E-state index is 10.3. The zero-order chi connectivity index (χ0) is 19.3. The van der Waals surface area contributed by atoms with Crippen LogP contribution in [0.5, 0.6) is 5.75 Å². The summed E-state index contributed by atoms with van der Waals surface area (Å²) < 4.78 is 7.01. The lowest BCUT2D eigenvalue weighted by Crippen LogP contribution is -2.48. The third kappa shape index (κ3) is 5.04. The number of halogens is 1. The van der Waals surface area contributed by atoms with Crippen LogP contribution in [0.2, 0.25) is 5.02 Å². The Morgan fingerprint density at radius 3 is 2.50 bits per heavy atom. The van der Waals surface area contributed by atoms with Crippen molar-refractivity contribution in [2.75, 3.05) is 39.3 Å². The summed E-state index contributed by atoms with van der Waals surface area (Å²) in [6.07, 6.45) is -0.497. The zero-order valence-electron chi connectivity index (χ0n) is 15.8. The number of benzene rings is 2. The predicted molar refractivity (Wildman–Crippen MR) is 116 cm³/mol. The van der Waals surface area contributed by atoms with Crippen molar-refractivity contribution in [1.29, 1.82) is 0 Å². The monoisotopic (exact) mass is 416 g/mol. The van der Waals surface area contributed by atoms with E-state index < -0.39 is 6.10 Å². The smallest absolute Gasteiger partial charge is 0.119 e. The third-order valence-corrected chi connectivity index (χ3v) is 6.41. The Hall–Kier alpha value is -1.63. The number of β-amino-alcohol motifs (C(OH)–C–C–N with tert-alkyl or cyclic N) is 1. The molecular formula is C22H25ClN2O2S. The summed E-state index contributed by atoms with van der Waals surface area (Å²) in [6.45, 7) is 5.93. The second-order valence-corrected chi connectivity index (χ2v) is 8.60. The van der Waals surface area contributed by atoms with Gasteiger partial charge in [0.25, 0.3) is 0 Å². The van der Waals surface area contributed by atoms with Crippen LogP contribution in [-0.4, -0.2) is 60.3 Å². The van der Waals surface area contributed by atoms with Crippen molar-refractivity contribution < 1.29 is 9.84 Å². The first-order valence-corrected chi connectivity index (χ1v) is 10.9. The molecule has 3 aromatic rings. The molecule has 2 heterocycles. The number of nitrogens with zero attached hydrogens (tertiary/aromatic N) is 2. The van der Waals surface area contributed by atoms with Crippen molar-refractivity contribution >= 4 is 33.0 Å². The van der Waals surface area contributed by atoms with E-state index in [1.54, 1.807) is 12.1 Å². The first-order valence-electron chi connectivity index (χ1n) is 9.63. The molecule has 0 saturated carbocycles. The summed E-state index contributed by atoms with van der Waals surface area (Å²) >= 11 is 7.70. The quantitative estimate of drug-likeness (QED) is 0.628. The van der Waals surface area contributed by atoms with Gasteiger partial charge in [-0.15, -0.1) is 11.3 Å². The average molecular weight is 417 g/mol. The lowest BCUT2D eigenvalue weighted by atomic mass is 10.1. The Morgan fingerprint density at radius 1 is 1.00 bits per heavy atom. The molecule has 1 saturated heterocycles. The molecule has 4 rings (SSSR count). The number of hydrogen-bond acceptors (Lipinski definition) is 5. The molecule has 6 heteroatoms. The van der Waals surface area contributed by atoms with Gasteiger partial charge in [0.2, 0.25) is 0 Å². The Balaban J connectivity index is 1.21. The molecule has 0 bridgehead atoms. The number of aliphatic hydroxyl groups excluding tert-OH is 1. The van der Waals surface area contributed by atoms with Gasteiger partial charge in [0, 0.05) is 49.0 Å². The molecule has 1 aromatic heterocycles. The van der Waals surface area contributed by atoms with Gasteiger partial charge < -0.3 is 9.84 Å². The summed E-state index contributed by atoms with van der Waals surface area (Å²) in [5.41, 5.74) is 1.42. The lowest BCUT2D eigenvalue weighted by Gasteiger charge is -2.35. The van der Waals surface area contributed by atoms with Crippen LogP contribution in [-0.2, 0) is 6.54 Å². The zero-order valence-corrected chi connectivity index (χ0v) is 17.3. The molecule has 0 aliphatic carbocycles. The molecule has 1 aliphatic heterocycles. The second-order valence-electron chi connectivity index (χ2n) is 7.25. The lowest BCUT2D eigenvalue weighted by molar-refractivity contribution is 0.0447. The molecule has 1 fully saturated rings. The minimum atomic E-state index is -0.497. The molecule has 1 N–H and O–H groups in total. The van der Waals surface area contributed by atoms with Crippen LogP contribution in [0.4, 0.5) is 0 Å². The molecule has 4 nitrogen and oxygen atoms in total. The topological polar surface area (TPSA) is 35.9 Å². The number of fused-ring (bicyclic) bond motifs is 1. The highest BCUT2D eigenvalue weighted by molar-refractivity contribution is 7.17. The largest absolute Gasteiger partial charge is 0.491 e. The van der Waals surface area contributed by atoms with Crippen LogP contribution >= 0.6 is 22.9 Å². The number of rotatable bonds is 7. The fourth-order valence-electron chi connectivity index (χ4n) is 3.60. The van der Waals surface area contributed by atoms with Crippen molar-refractivity contribution in [2.24, 2.45) is 0 Å². The van der Waals surface area contributed by atoms with E-state index in [-0.39, 0.29) is 0 Å². The van der Waals surface area contributed by atoms with E-state index in [9.17, 15) is 5.11 Å². The fraction of sp³-hybridized carbons (Fsp3) is 0.364. The summed E-state index contributed by atoms with van der Waals surface area (Å²) in [6, 6.07) is 15.8. The first-order chi connectivity index (χ1) is 13.7. The number of piperazine rings is 1. The average Bonchev–Trinajstić information content (AvgIpc) is 3.12. The molecule has 1 aliphatic rings. The van der Waals surface area contributed by atoms with E-state index in [0.717, 1.165) is 38.5 Å². The van der Waals surface area contributed by atoms with Crippen molar-refractivity contribution in [1.82, 2.24) is 9.80 Å². The van der Waals surface area contributed by atoms with Gasteiger partial charge in [-0.05, 0) is 46.7 Å². The van der Waals surface area contributed by atoms with Gasteiger partial charge in [-0.1, -0.05) is 29.8 Å². The molecule has 1 unspecified atom stereocenters. The van der Waals surface area contributed by atoms with Crippen LogP contribution in [0.1, 0.15) is 5.56 Å². The minimum absolute atomic E-state index is 0.294. The van der Waals surface area contributed by atoms with E-state index in [4.69, 9.17) is 16.3 Å². The molecular weight excluding hydrogens is 392 g/mol. The Kier molecular flexibility index (Phi) is 6.50. The van der Waals surface area contributed by atoms with Crippen LogP contribution in [0, 0.1) is 0 Å². The SMILES string of the molecule is OC(COc1ccc(Cl)cc1)CN1CCN(Cc2csc3ccccc23)CC1. The van der Waals surface area contributed by atoms with Crippen LogP contribution in [0.3, 0.4) is 0 Å². The predicted octanol–water partition coefficient (Wildman–Crippen LogP) is 4.11.